The van der Waals surface area contributed by atoms with Gasteiger partial charge in [0.15, 0.2) is 0 Å². The highest BCUT2D eigenvalue weighted by atomic mass is 79.9. The Balaban J connectivity index is 2.06. The zero-order chi connectivity index (χ0) is 7.14. The molecule has 2 heterocycles. The van der Waals surface area contributed by atoms with Crippen molar-refractivity contribution in [3.05, 3.63) is 0 Å². The Morgan fingerprint density at radius 2 is 2.50 bits per heavy atom. The third-order valence-electron chi connectivity index (χ3n) is 2.02. The van der Waals surface area contributed by atoms with E-state index in [1.165, 1.54) is 0 Å². The lowest BCUT2D eigenvalue weighted by atomic mass is 10.0. The Morgan fingerprint density at radius 1 is 1.70 bits per heavy atom. The first-order chi connectivity index (χ1) is 4.80. The van der Waals surface area contributed by atoms with Gasteiger partial charge in [0, 0.05) is 6.54 Å². The van der Waals surface area contributed by atoms with Crippen molar-refractivity contribution in [2.45, 2.75) is 10.9 Å². The fraction of sp³-hybridized carbons (Fsp3) is 0.833. The van der Waals surface area contributed by atoms with E-state index in [0.29, 0.717) is 19.3 Å². The molecule has 2 unspecified atom stereocenters. The number of β-lactam (4-membered cyclic amide) rings is 1. The number of hydrogen-bond donors (Lipinski definition) is 0. The lowest BCUT2D eigenvalue weighted by Crippen LogP contribution is -2.66. The van der Waals surface area contributed by atoms with Crippen LogP contribution in [0, 0.1) is 0 Å². The van der Waals surface area contributed by atoms with Gasteiger partial charge in [-0.05, 0) is 0 Å². The van der Waals surface area contributed by atoms with Crippen LogP contribution in [0.1, 0.15) is 0 Å². The minimum absolute atomic E-state index is 0.0211. The zero-order valence-corrected chi connectivity index (χ0v) is 7.00. The van der Waals surface area contributed by atoms with Crippen molar-refractivity contribution in [1.82, 2.24) is 4.90 Å². The molecule has 2 aliphatic rings. The summed E-state index contributed by atoms with van der Waals surface area (Å²) in [6.07, 6.45) is 0. The van der Waals surface area contributed by atoms with Crippen LogP contribution in [-0.4, -0.2) is 41.4 Å². The molecule has 0 saturated carbocycles. The zero-order valence-electron chi connectivity index (χ0n) is 5.42. The van der Waals surface area contributed by atoms with Gasteiger partial charge in [0.05, 0.1) is 19.3 Å². The fourth-order valence-corrected chi connectivity index (χ4v) is 2.08. The number of carbonyl (C=O) groups excluding carboxylic acids is 1. The Hall–Kier alpha value is -0.0900. The normalized spacial score (nSPS) is 38.9. The highest BCUT2D eigenvalue weighted by Gasteiger charge is 2.46. The molecule has 0 aromatic carbocycles. The van der Waals surface area contributed by atoms with Crippen LogP contribution in [0.2, 0.25) is 0 Å². The molecule has 0 aromatic rings. The summed E-state index contributed by atoms with van der Waals surface area (Å²) >= 11 is 3.30. The van der Waals surface area contributed by atoms with Gasteiger partial charge in [-0.15, -0.1) is 0 Å². The third kappa shape index (κ3) is 0.720. The maximum Gasteiger partial charge on any atom is 0.239 e. The van der Waals surface area contributed by atoms with Gasteiger partial charge in [0.2, 0.25) is 5.91 Å². The van der Waals surface area contributed by atoms with Crippen LogP contribution in [0.5, 0.6) is 0 Å². The van der Waals surface area contributed by atoms with Crippen LogP contribution < -0.4 is 0 Å². The Kier molecular flexibility index (Phi) is 1.46. The number of halogens is 1. The van der Waals surface area contributed by atoms with Crippen molar-refractivity contribution in [3.63, 3.8) is 0 Å². The van der Waals surface area contributed by atoms with Crippen molar-refractivity contribution in [3.8, 4) is 0 Å². The molecule has 0 N–H and O–H groups in total. The van der Waals surface area contributed by atoms with Crippen LogP contribution in [0.4, 0.5) is 0 Å². The van der Waals surface area contributed by atoms with Gasteiger partial charge in [-0.25, -0.2) is 0 Å². The molecule has 0 spiro atoms. The van der Waals surface area contributed by atoms with E-state index in [4.69, 9.17) is 4.74 Å². The number of fused-ring (bicyclic) bond motifs is 1. The van der Waals surface area contributed by atoms with Crippen LogP contribution >= 0.6 is 15.9 Å². The molecule has 56 valence electrons. The van der Waals surface area contributed by atoms with Crippen molar-refractivity contribution < 1.29 is 9.53 Å². The molecule has 2 aliphatic heterocycles. The number of nitrogens with zero attached hydrogens (tertiary/aromatic N) is 1. The van der Waals surface area contributed by atoms with Crippen LogP contribution in [-0.2, 0) is 9.53 Å². The molecule has 2 saturated heterocycles. The first-order valence-corrected chi connectivity index (χ1v) is 4.24. The van der Waals surface area contributed by atoms with Gasteiger partial charge in [0.1, 0.15) is 4.83 Å². The Bertz CT molecular complexity index is 173. The molecule has 0 aromatic heterocycles. The summed E-state index contributed by atoms with van der Waals surface area (Å²) in [6, 6.07) is 0.307. The number of alkyl halides is 1. The van der Waals surface area contributed by atoms with E-state index >= 15 is 0 Å². The molecule has 0 aliphatic carbocycles. The molecule has 2 rings (SSSR count). The first kappa shape index (κ1) is 6.61. The number of rotatable bonds is 0. The van der Waals surface area contributed by atoms with E-state index in [1.54, 1.807) is 0 Å². The van der Waals surface area contributed by atoms with Gasteiger partial charge in [-0.3, -0.25) is 4.79 Å². The summed E-state index contributed by atoms with van der Waals surface area (Å²) in [5.74, 6) is 0.216. The summed E-state index contributed by atoms with van der Waals surface area (Å²) in [4.78, 5) is 12.9. The lowest BCUT2D eigenvalue weighted by Gasteiger charge is -2.47. The summed E-state index contributed by atoms with van der Waals surface area (Å²) in [5.41, 5.74) is 0. The number of ether oxygens (including phenoxy) is 1. The van der Waals surface area contributed by atoms with E-state index in [9.17, 15) is 4.79 Å². The molecule has 1 amide bonds. The van der Waals surface area contributed by atoms with Gasteiger partial charge in [-0.2, -0.15) is 0 Å². The van der Waals surface area contributed by atoms with Gasteiger partial charge < -0.3 is 9.64 Å². The maximum atomic E-state index is 11.0. The fourth-order valence-electron chi connectivity index (χ4n) is 1.38. The quantitative estimate of drug-likeness (QED) is 0.412. The second-order valence-electron chi connectivity index (χ2n) is 2.58. The van der Waals surface area contributed by atoms with Crippen molar-refractivity contribution in [1.29, 1.82) is 0 Å². The molecule has 2 atom stereocenters. The summed E-state index contributed by atoms with van der Waals surface area (Å²) < 4.78 is 5.20. The molecule has 0 radical (unpaired) electrons. The van der Waals surface area contributed by atoms with Crippen LogP contribution in [0.25, 0.3) is 0 Å². The largest absolute Gasteiger partial charge is 0.377 e. The van der Waals surface area contributed by atoms with Crippen LogP contribution in [0.3, 0.4) is 0 Å². The SMILES string of the molecule is O=C1C(Br)C2COCCN12. The Morgan fingerprint density at radius 3 is 3.20 bits per heavy atom. The number of amides is 1. The molecule has 10 heavy (non-hydrogen) atoms. The molecular weight excluding hydrogens is 198 g/mol. The predicted octanol–water partition coefficient (Wildman–Crippen LogP) is -0.00910. The lowest BCUT2D eigenvalue weighted by molar-refractivity contribution is -0.154. The molecule has 3 nitrogen and oxygen atoms in total. The summed E-state index contributed by atoms with van der Waals surface area (Å²) in [7, 11) is 0. The minimum atomic E-state index is 0.0211. The number of hydrogen-bond acceptors (Lipinski definition) is 2. The van der Waals surface area contributed by atoms with E-state index < -0.39 is 0 Å². The maximum absolute atomic E-state index is 11.0. The predicted molar refractivity (Wildman–Crippen MR) is 39.0 cm³/mol. The second-order valence-corrected chi connectivity index (χ2v) is 3.56. The molecule has 2 fully saturated rings. The topological polar surface area (TPSA) is 29.5 Å². The smallest absolute Gasteiger partial charge is 0.239 e. The average molecular weight is 206 g/mol. The minimum Gasteiger partial charge on any atom is -0.377 e. The molecule has 4 heteroatoms. The van der Waals surface area contributed by atoms with E-state index in [0.717, 1.165) is 6.54 Å². The van der Waals surface area contributed by atoms with Gasteiger partial charge >= 0.3 is 0 Å². The van der Waals surface area contributed by atoms with Gasteiger partial charge in [0.25, 0.3) is 0 Å². The summed E-state index contributed by atoms with van der Waals surface area (Å²) in [6.45, 7) is 2.16. The van der Waals surface area contributed by atoms with Crippen molar-refractivity contribution in [2.24, 2.45) is 0 Å². The summed E-state index contributed by atoms with van der Waals surface area (Å²) in [5, 5.41) is 0. The van der Waals surface area contributed by atoms with Crippen LogP contribution in [0.15, 0.2) is 0 Å². The average Bonchev–Trinajstić information content (AvgIpc) is 2.03. The number of carbonyl (C=O) groups is 1. The highest BCUT2D eigenvalue weighted by molar-refractivity contribution is 9.10. The van der Waals surface area contributed by atoms with Gasteiger partial charge in [-0.1, -0.05) is 15.9 Å². The standard InChI is InChI=1S/C6H8BrNO2/c7-5-4-3-10-2-1-8(4)6(5)9/h4-5H,1-3H2. The molecule has 0 bridgehead atoms. The third-order valence-corrected chi connectivity index (χ3v) is 3.02. The highest BCUT2D eigenvalue weighted by Crippen LogP contribution is 2.28. The van der Waals surface area contributed by atoms with E-state index in [2.05, 4.69) is 15.9 Å². The van der Waals surface area contributed by atoms with E-state index in [-0.39, 0.29) is 10.7 Å². The number of morpholine rings is 1. The Labute approximate surface area is 67.5 Å². The van der Waals surface area contributed by atoms with Crippen molar-refractivity contribution >= 4 is 21.8 Å². The molecular formula is C6H8BrNO2. The monoisotopic (exact) mass is 205 g/mol. The van der Waals surface area contributed by atoms with Crippen molar-refractivity contribution in [2.75, 3.05) is 19.8 Å². The second kappa shape index (κ2) is 2.20. The first-order valence-electron chi connectivity index (χ1n) is 3.33. The van der Waals surface area contributed by atoms with E-state index in [1.807, 2.05) is 4.90 Å².